The minimum absolute atomic E-state index is 0.00584. The molecule has 210 valence electrons. The molecule has 1 aromatic carbocycles. The van der Waals surface area contributed by atoms with Gasteiger partial charge < -0.3 is 20.9 Å². The molecule has 2 saturated carbocycles. The molecule has 0 aliphatic heterocycles. The Morgan fingerprint density at radius 1 is 1.02 bits per heavy atom. The maximum absolute atomic E-state index is 13.8. The summed E-state index contributed by atoms with van der Waals surface area (Å²) in [4.78, 5) is 30.1. The van der Waals surface area contributed by atoms with E-state index in [1.54, 1.807) is 6.20 Å². The molecule has 2 fully saturated rings. The molecule has 2 aliphatic rings. The summed E-state index contributed by atoms with van der Waals surface area (Å²) < 4.78 is 21.1. The van der Waals surface area contributed by atoms with E-state index in [1.807, 2.05) is 4.57 Å². The van der Waals surface area contributed by atoms with Gasteiger partial charge in [-0.05, 0) is 63.5 Å². The number of benzene rings is 1. The van der Waals surface area contributed by atoms with Gasteiger partial charge in [0, 0.05) is 23.9 Å². The molecular weight excluding hydrogens is 560 g/mol. The van der Waals surface area contributed by atoms with Crippen molar-refractivity contribution in [2.75, 3.05) is 10.6 Å². The molecule has 4 aromatic rings. The van der Waals surface area contributed by atoms with E-state index in [0.717, 1.165) is 25.7 Å². The first-order valence-electron chi connectivity index (χ1n) is 13.3. The number of amides is 1. The molecule has 0 unspecified atom stereocenters. The number of rotatable bonds is 7. The number of primary amides is 1. The highest BCUT2D eigenvalue weighted by Gasteiger charge is 2.30. The maximum atomic E-state index is 13.8. The molecule has 14 heteroatoms. The Kier molecular flexibility index (Phi) is 7.45. The van der Waals surface area contributed by atoms with Crippen molar-refractivity contribution in [1.82, 2.24) is 29.7 Å². The summed E-state index contributed by atoms with van der Waals surface area (Å²) in [6.45, 7) is 0. The highest BCUT2D eigenvalue weighted by Crippen LogP contribution is 2.40. The molecule has 4 N–H and O–H groups in total. The monoisotopic (exact) mass is 587 g/mol. The second-order valence-electron chi connectivity index (χ2n) is 10.5. The van der Waals surface area contributed by atoms with Crippen LogP contribution in [0.2, 0.25) is 10.0 Å². The van der Waals surface area contributed by atoms with E-state index in [2.05, 4.69) is 25.8 Å². The number of nitrogens with zero attached hydrogens (tertiary/aromatic N) is 6. The molecule has 0 bridgehead atoms. The number of aromatic nitrogens is 6. The van der Waals surface area contributed by atoms with Crippen LogP contribution in [0.15, 0.2) is 29.2 Å². The van der Waals surface area contributed by atoms with Crippen LogP contribution in [-0.2, 0) is 4.79 Å². The fourth-order valence-corrected chi connectivity index (χ4v) is 6.37. The number of halogens is 3. The third kappa shape index (κ3) is 5.42. The highest BCUT2D eigenvalue weighted by atomic mass is 35.5. The number of carbonyl (C=O) groups excluding carboxylic acids is 1. The van der Waals surface area contributed by atoms with Gasteiger partial charge in [0.2, 0.25) is 23.7 Å². The molecule has 2 aliphatic carbocycles. The summed E-state index contributed by atoms with van der Waals surface area (Å²) in [6, 6.07) is 2.58. The smallest absolute Gasteiger partial charge is 0.229 e. The van der Waals surface area contributed by atoms with Crippen LogP contribution >= 0.6 is 23.2 Å². The molecule has 11 nitrogen and oxygen atoms in total. The van der Waals surface area contributed by atoms with E-state index in [0.29, 0.717) is 60.3 Å². The number of nitrogens with two attached hydrogens (primary N) is 1. The van der Waals surface area contributed by atoms with Crippen LogP contribution < -0.4 is 16.4 Å². The number of carbonyl (C=O) groups is 1. The Labute approximate surface area is 239 Å². The topological polar surface area (TPSA) is 150 Å². The molecule has 1 amide bonds. The number of hydrogen-bond donors (Lipinski definition) is 3. The summed E-state index contributed by atoms with van der Waals surface area (Å²) in [5.41, 5.74) is 7.14. The van der Waals surface area contributed by atoms with Crippen molar-refractivity contribution in [1.29, 1.82) is 0 Å². The lowest BCUT2D eigenvalue weighted by Crippen LogP contribution is -2.29. The number of nitrogens with one attached hydrogen (secondary N) is 2. The van der Waals surface area contributed by atoms with Gasteiger partial charge in [0.15, 0.2) is 12.0 Å². The number of imidazole rings is 1. The van der Waals surface area contributed by atoms with E-state index in [-0.39, 0.29) is 39.9 Å². The molecular formula is C26H28Cl2FN9O2. The molecule has 3 aromatic heterocycles. The maximum Gasteiger partial charge on any atom is 0.229 e. The van der Waals surface area contributed by atoms with E-state index in [9.17, 15) is 9.18 Å². The first-order valence-corrected chi connectivity index (χ1v) is 14.1. The quantitative estimate of drug-likeness (QED) is 0.245. The lowest BCUT2D eigenvalue weighted by Gasteiger charge is -2.29. The van der Waals surface area contributed by atoms with Crippen molar-refractivity contribution in [3.8, 4) is 0 Å². The average Bonchev–Trinajstić information content (AvgIpc) is 3.59. The average molecular weight is 588 g/mol. The van der Waals surface area contributed by atoms with Gasteiger partial charge in [-0.25, -0.2) is 14.4 Å². The zero-order valence-corrected chi connectivity index (χ0v) is 23.0. The number of anilines is 3. The van der Waals surface area contributed by atoms with Crippen LogP contribution in [0.5, 0.6) is 0 Å². The fraction of sp³-hybridized carbons (Fsp3) is 0.462. The molecule has 6 rings (SSSR count). The fourth-order valence-electron chi connectivity index (χ4n) is 5.82. The van der Waals surface area contributed by atoms with Crippen molar-refractivity contribution in [3.05, 3.63) is 46.4 Å². The first kappa shape index (κ1) is 26.7. The summed E-state index contributed by atoms with van der Waals surface area (Å²) in [5.74, 6) is 0.945. The van der Waals surface area contributed by atoms with Crippen LogP contribution in [0.3, 0.4) is 0 Å². The van der Waals surface area contributed by atoms with Crippen LogP contribution in [0.4, 0.5) is 22.0 Å². The summed E-state index contributed by atoms with van der Waals surface area (Å²) in [7, 11) is 0. The van der Waals surface area contributed by atoms with Crippen molar-refractivity contribution >= 4 is 57.9 Å². The standard InChI is InChI=1S/C26H28Cl2FN9O2/c27-18-9-15(29)10-19(28)21(18)36-26-35-20-11-31-25(34-16-5-1-14(2-6-16)24-32-12-33-40-24)37-23(20)38(26)17-7-3-13(4-8-17)22(30)39/h9-14,16-17H,1-8H2,(H2,30,39)(H,35,36)(H,31,34,37)/t13-,14?,16?,17-. The summed E-state index contributed by atoms with van der Waals surface area (Å²) >= 11 is 12.7. The third-order valence-corrected chi connectivity index (χ3v) is 8.52. The predicted octanol–water partition coefficient (Wildman–Crippen LogP) is 5.75. The Morgan fingerprint density at radius 3 is 2.40 bits per heavy atom. The van der Waals surface area contributed by atoms with Gasteiger partial charge in [-0.3, -0.25) is 9.36 Å². The summed E-state index contributed by atoms with van der Waals surface area (Å²) in [5, 5.41) is 10.7. The minimum atomic E-state index is -0.536. The number of hydrogen-bond acceptors (Lipinski definition) is 9. The molecule has 0 atom stereocenters. The van der Waals surface area contributed by atoms with Crippen molar-refractivity contribution < 1.29 is 13.7 Å². The Hall–Kier alpha value is -3.51. The van der Waals surface area contributed by atoms with Gasteiger partial charge in [-0.15, -0.1) is 0 Å². The molecule has 0 saturated heterocycles. The molecule has 40 heavy (non-hydrogen) atoms. The van der Waals surface area contributed by atoms with Gasteiger partial charge in [0.25, 0.3) is 0 Å². The molecule has 0 spiro atoms. The van der Waals surface area contributed by atoms with Crippen LogP contribution in [0.25, 0.3) is 11.2 Å². The lowest BCUT2D eigenvalue weighted by molar-refractivity contribution is -0.122. The lowest BCUT2D eigenvalue weighted by atomic mass is 9.85. The van der Waals surface area contributed by atoms with Crippen LogP contribution in [0.1, 0.15) is 69.2 Å². The van der Waals surface area contributed by atoms with E-state index in [4.69, 9.17) is 43.4 Å². The first-order chi connectivity index (χ1) is 19.4. The van der Waals surface area contributed by atoms with E-state index >= 15 is 0 Å². The van der Waals surface area contributed by atoms with Gasteiger partial charge in [-0.1, -0.05) is 28.4 Å². The molecule has 3 heterocycles. The molecule has 0 radical (unpaired) electrons. The van der Waals surface area contributed by atoms with Crippen molar-refractivity contribution in [2.45, 2.75) is 69.4 Å². The Morgan fingerprint density at radius 2 is 1.75 bits per heavy atom. The number of fused-ring (bicyclic) bond motifs is 1. The van der Waals surface area contributed by atoms with Crippen LogP contribution in [0, 0.1) is 11.7 Å². The van der Waals surface area contributed by atoms with Gasteiger partial charge >= 0.3 is 0 Å². The van der Waals surface area contributed by atoms with E-state index in [1.165, 1.54) is 18.5 Å². The van der Waals surface area contributed by atoms with Gasteiger partial charge in [0.05, 0.1) is 21.9 Å². The Bertz CT molecular complexity index is 1490. The minimum Gasteiger partial charge on any atom is -0.369 e. The Balaban J connectivity index is 1.28. The second kappa shape index (κ2) is 11.2. The van der Waals surface area contributed by atoms with Gasteiger partial charge in [-0.2, -0.15) is 9.97 Å². The highest BCUT2D eigenvalue weighted by molar-refractivity contribution is 6.39. The normalized spacial score (nSPS) is 23.3. The van der Waals surface area contributed by atoms with Gasteiger partial charge in [0.1, 0.15) is 11.3 Å². The van der Waals surface area contributed by atoms with E-state index < -0.39 is 5.82 Å². The SMILES string of the molecule is NC(=O)[C@H]1CC[C@H](n2c(Nc3c(Cl)cc(F)cc3Cl)nc3cnc(NC4CCC(c5ncno5)CC4)nc32)CC1. The zero-order chi connectivity index (χ0) is 27.8. The predicted molar refractivity (Wildman–Crippen MR) is 148 cm³/mol. The largest absolute Gasteiger partial charge is 0.369 e. The van der Waals surface area contributed by atoms with Crippen molar-refractivity contribution in [2.24, 2.45) is 11.7 Å². The third-order valence-electron chi connectivity index (χ3n) is 7.93. The zero-order valence-electron chi connectivity index (χ0n) is 21.5. The summed E-state index contributed by atoms with van der Waals surface area (Å²) in [6.07, 6.45) is 9.56. The van der Waals surface area contributed by atoms with Crippen molar-refractivity contribution in [3.63, 3.8) is 0 Å². The van der Waals surface area contributed by atoms with Crippen LogP contribution in [-0.4, -0.2) is 41.6 Å². The second-order valence-corrected chi connectivity index (χ2v) is 11.3.